The van der Waals surface area contributed by atoms with E-state index in [1.807, 2.05) is 6.08 Å². The van der Waals surface area contributed by atoms with E-state index < -0.39 is 0 Å². The first-order valence-corrected chi connectivity index (χ1v) is 3.58. The minimum atomic E-state index is 0.632. The topological polar surface area (TPSA) is 0 Å². The van der Waals surface area contributed by atoms with Crippen molar-refractivity contribution in [3.8, 4) is 0 Å². The molecule has 0 nitrogen and oxygen atoms in total. The lowest BCUT2D eigenvalue weighted by Gasteiger charge is -2.11. The molecule has 0 aliphatic rings. The van der Waals surface area contributed by atoms with Gasteiger partial charge in [0.1, 0.15) is 0 Å². The predicted molar refractivity (Wildman–Crippen MR) is 42.3 cm³/mol. The Morgan fingerprint density at radius 2 is 2.11 bits per heavy atom. The van der Waals surface area contributed by atoms with Crippen molar-refractivity contribution in [3.05, 3.63) is 18.4 Å². The van der Waals surface area contributed by atoms with Crippen LogP contribution in [0.5, 0.6) is 0 Å². The van der Waals surface area contributed by atoms with Gasteiger partial charge in [0.2, 0.25) is 0 Å². The molecule has 0 N–H and O–H groups in total. The van der Waals surface area contributed by atoms with E-state index in [0.717, 1.165) is 5.92 Å². The van der Waals surface area contributed by atoms with Gasteiger partial charge in [0.25, 0.3) is 0 Å². The molecule has 0 aliphatic carbocycles. The third-order valence-electron chi connectivity index (χ3n) is 1.92. The van der Waals surface area contributed by atoms with E-state index in [2.05, 4.69) is 33.1 Å². The first-order chi connectivity index (χ1) is 4.22. The number of allylic oxidation sites excluding steroid dienone is 1. The summed E-state index contributed by atoms with van der Waals surface area (Å²) >= 11 is 0. The molecule has 0 rings (SSSR count). The third kappa shape index (κ3) is 3.16. The third-order valence-corrected chi connectivity index (χ3v) is 1.92. The zero-order valence-electron chi connectivity index (χ0n) is 6.65. The highest BCUT2D eigenvalue weighted by atomic mass is 14.1. The molecule has 0 aliphatic heterocycles. The van der Waals surface area contributed by atoms with Crippen molar-refractivity contribution < 1.29 is 0 Å². The summed E-state index contributed by atoms with van der Waals surface area (Å²) < 4.78 is 0. The first-order valence-electron chi connectivity index (χ1n) is 3.58. The predicted octanol–water partition coefficient (Wildman–Crippen LogP) is 3.01. The second kappa shape index (κ2) is 4.40. The molecule has 0 aromatic heterocycles. The maximum absolute atomic E-state index is 3.54. The summed E-state index contributed by atoms with van der Waals surface area (Å²) in [5, 5.41) is 0. The zero-order valence-corrected chi connectivity index (χ0v) is 6.65. The van der Waals surface area contributed by atoms with Crippen molar-refractivity contribution in [2.24, 2.45) is 11.8 Å². The van der Waals surface area contributed by atoms with Crippen molar-refractivity contribution in [1.82, 2.24) is 0 Å². The van der Waals surface area contributed by atoms with Gasteiger partial charge in [-0.05, 0) is 17.9 Å². The van der Waals surface area contributed by atoms with Crippen LogP contribution in [-0.2, 0) is 0 Å². The van der Waals surface area contributed by atoms with Crippen LogP contribution in [0.15, 0.2) is 18.4 Å². The monoisotopic (exact) mass is 124 g/mol. The van der Waals surface area contributed by atoms with Gasteiger partial charge in [0, 0.05) is 0 Å². The Kier molecular flexibility index (Phi) is 4.17. The molecule has 0 radical (unpaired) electrons. The summed E-state index contributed by atoms with van der Waals surface area (Å²) in [6.07, 6.45) is 3.27. The molecule has 0 heterocycles. The Labute approximate surface area is 58.3 Å². The maximum Gasteiger partial charge on any atom is -0.0160 e. The minimum absolute atomic E-state index is 0.632. The molecule has 0 heteroatoms. The van der Waals surface area contributed by atoms with E-state index in [0.29, 0.717) is 5.92 Å². The molecule has 0 fully saturated rings. The van der Waals surface area contributed by atoms with E-state index in [9.17, 15) is 0 Å². The lowest BCUT2D eigenvalue weighted by atomic mass is 9.94. The summed E-state index contributed by atoms with van der Waals surface area (Å²) in [4.78, 5) is 0. The average Bonchev–Trinajstić information content (AvgIpc) is 1.87. The Morgan fingerprint density at radius 1 is 1.56 bits per heavy atom. The van der Waals surface area contributed by atoms with Gasteiger partial charge < -0.3 is 0 Å². The molecule has 2 unspecified atom stereocenters. The molecule has 0 amide bonds. The Bertz CT molecular complexity index is 107. The molecule has 0 spiro atoms. The fraction of sp³-hybridized carbons (Fsp3) is 0.667. The van der Waals surface area contributed by atoms with Crippen LogP contribution < -0.4 is 0 Å². The molecule has 0 bridgehead atoms. The van der Waals surface area contributed by atoms with Gasteiger partial charge in [-0.1, -0.05) is 33.8 Å². The van der Waals surface area contributed by atoms with Gasteiger partial charge in [-0.2, -0.15) is 0 Å². The van der Waals surface area contributed by atoms with Gasteiger partial charge in [-0.25, -0.2) is 0 Å². The van der Waals surface area contributed by atoms with Crippen LogP contribution in [0.2, 0.25) is 0 Å². The molecule has 2 atom stereocenters. The maximum atomic E-state index is 3.54. The van der Waals surface area contributed by atoms with Gasteiger partial charge in [-0.15, -0.1) is 5.73 Å². The molecule has 0 saturated heterocycles. The lowest BCUT2D eigenvalue weighted by molar-refractivity contribution is 0.447. The second-order valence-corrected chi connectivity index (χ2v) is 2.62. The van der Waals surface area contributed by atoms with Crippen molar-refractivity contribution in [3.63, 3.8) is 0 Å². The Morgan fingerprint density at radius 3 is 2.44 bits per heavy atom. The highest BCUT2D eigenvalue weighted by Crippen LogP contribution is 2.14. The fourth-order valence-corrected chi connectivity index (χ4v) is 0.722. The van der Waals surface area contributed by atoms with E-state index in [1.54, 1.807) is 0 Å². The molecular weight excluding hydrogens is 108 g/mol. The van der Waals surface area contributed by atoms with E-state index in [-0.39, 0.29) is 0 Å². The summed E-state index contributed by atoms with van der Waals surface area (Å²) in [5.74, 6) is 1.40. The molecule has 52 valence electrons. The summed E-state index contributed by atoms with van der Waals surface area (Å²) in [6, 6.07) is 0. The standard InChI is InChI=1S/C9H16/c1-5-7-9(4)8(3)6-2/h7-9H,1,6H2,2-4H3. The number of hydrogen-bond acceptors (Lipinski definition) is 0. The van der Waals surface area contributed by atoms with Crippen LogP contribution in [0.1, 0.15) is 27.2 Å². The van der Waals surface area contributed by atoms with Gasteiger partial charge >= 0.3 is 0 Å². The number of rotatable bonds is 3. The normalized spacial score (nSPS) is 15.9. The highest BCUT2D eigenvalue weighted by molar-refractivity contribution is 4.83. The van der Waals surface area contributed by atoms with Gasteiger partial charge in [0.15, 0.2) is 0 Å². The molecule has 9 heavy (non-hydrogen) atoms. The van der Waals surface area contributed by atoms with Crippen molar-refractivity contribution >= 4 is 0 Å². The largest absolute Gasteiger partial charge is 0.133 e. The van der Waals surface area contributed by atoms with Crippen LogP contribution >= 0.6 is 0 Å². The van der Waals surface area contributed by atoms with Crippen molar-refractivity contribution in [2.45, 2.75) is 27.2 Å². The van der Waals surface area contributed by atoms with Crippen LogP contribution in [-0.4, -0.2) is 0 Å². The highest BCUT2D eigenvalue weighted by Gasteiger charge is 2.04. The Hall–Kier alpha value is -0.480. The average molecular weight is 124 g/mol. The molecular formula is C9H16. The van der Waals surface area contributed by atoms with E-state index in [4.69, 9.17) is 0 Å². The fourth-order valence-electron chi connectivity index (χ4n) is 0.722. The second-order valence-electron chi connectivity index (χ2n) is 2.62. The summed E-state index contributed by atoms with van der Waals surface area (Å²) in [7, 11) is 0. The summed E-state index contributed by atoms with van der Waals surface area (Å²) in [5.41, 5.74) is 2.81. The van der Waals surface area contributed by atoms with Crippen LogP contribution in [0.4, 0.5) is 0 Å². The van der Waals surface area contributed by atoms with Crippen molar-refractivity contribution in [2.75, 3.05) is 0 Å². The minimum Gasteiger partial charge on any atom is -0.133 e. The SMILES string of the molecule is C=C=CC(C)C(C)CC. The number of hydrogen-bond donors (Lipinski definition) is 0. The van der Waals surface area contributed by atoms with Gasteiger partial charge in [-0.3, -0.25) is 0 Å². The van der Waals surface area contributed by atoms with Gasteiger partial charge in [0.05, 0.1) is 0 Å². The van der Waals surface area contributed by atoms with Crippen LogP contribution in [0, 0.1) is 11.8 Å². The molecule has 0 aromatic rings. The molecule has 0 aromatic carbocycles. The van der Waals surface area contributed by atoms with Crippen LogP contribution in [0.25, 0.3) is 0 Å². The quantitative estimate of drug-likeness (QED) is 0.507. The van der Waals surface area contributed by atoms with Crippen molar-refractivity contribution in [1.29, 1.82) is 0 Å². The van der Waals surface area contributed by atoms with E-state index in [1.165, 1.54) is 6.42 Å². The first kappa shape index (κ1) is 8.52. The smallest absolute Gasteiger partial charge is 0.0160 e. The van der Waals surface area contributed by atoms with Crippen LogP contribution in [0.3, 0.4) is 0 Å². The summed E-state index contributed by atoms with van der Waals surface area (Å²) in [6.45, 7) is 10.2. The molecule has 0 saturated carbocycles. The lowest BCUT2D eigenvalue weighted by Crippen LogP contribution is -2.02. The zero-order chi connectivity index (χ0) is 7.28. The Balaban J connectivity index is 3.71. The van der Waals surface area contributed by atoms with E-state index >= 15 is 0 Å².